The van der Waals surface area contributed by atoms with Crippen molar-refractivity contribution < 1.29 is 13.6 Å². The molecule has 76 valence electrons. The average Bonchev–Trinajstić information content (AvgIpc) is 2.16. The van der Waals surface area contributed by atoms with Crippen LogP contribution in [0.25, 0.3) is 0 Å². The molecule has 0 unspecified atom stereocenters. The van der Waals surface area contributed by atoms with Crippen molar-refractivity contribution >= 4 is 18.4 Å². The van der Waals surface area contributed by atoms with Gasteiger partial charge in [-0.05, 0) is 12.1 Å². The first-order valence-corrected chi connectivity index (χ1v) is 4.65. The summed E-state index contributed by atoms with van der Waals surface area (Å²) in [5, 5.41) is 0. The number of carbonyl (C=O) groups is 1. The number of benzene rings is 1. The van der Waals surface area contributed by atoms with Gasteiger partial charge < -0.3 is 0 Å². The number of carbonyl (C=O) groups excluding carboxylic acids is 1. The molecule has 0 aliphatic rings. The summed E-state index contributed by atoms with van der Waals surface area (Å²) in [6, 6.07) is 3.89. The van der Waals surface area contributed by atoms with Gasteiger partial charge in [-0.15, -0.1) is 12.6 Å². The average molecular weight is 216 g/mol. The molecule has 1 aromatic carbocycles. The Balaban J connectivity index is 3.07. The van der Waals surface area contributed by atoms with Gasteiger partial charge in [0.1, 0.15) is 0 Å². The van der Waals surface area contributed by atoms with Gasteiger partial charge in [0.15, 0.2) is 5.78 Å². The van der Waals surface area contributed by atoms with Crippen molar-refractivity contribution in [2.75, 3.05) is 0 Å². The molecule has 0 fully saturated rings. The summed E-state index contributed by atoms with van der Waals surface area (Å²) in [6.45, 7) is 1.72. The maximum absolute atomic E-state index is 12.2. The molecule has 4 heteroatoms. The second-order valence-electron chi connectivity index (χ2n) is 2.85. The van der Waals surface area contributed by atoms with Crippen molar-refractivity contribution in [1.29, 1.82) is 0 Å². The SMILES string of the molecule is CCC(=O)c1ccc(C(F)F)cc1S. The van der Waals surface area contributed by atoms with Gasteiger partial charge in [-0.25, -0.2) is 8.78 Å². The van der Waals surface area contributed by atoms with E-state index in [4.69, 9.17) is 0 Å². The Labute approximate surface area is 86.5 Å². The molecule has 0 radical (unpaired) electrons. The molecule has 0 atom stereocenters. The van der Waals surface area contributed by atoms with Crippen LogP contribution in [-0.4, -0.2) is 5.78 Å². The quantitative estimate of drug-likeness (QED) is 0.604. The van der Waals surface area contributed by atoms with Gasteiger partial charge in [-0.1, -0.05) is 13.0 Å². The van der Waals surface area contributed by atoms with E-state index < -0.39 is 6.43 Å². The summed E-state index contributed by atoms with van der Waals surface area (Å²) in [4.78, 5) is 11.6. The molecular formula is C10H10F2OS. The summed E-state index contributed by atoms with van der Waals surface area (Å²) in [5.74, 6) is -0.0872. The summed E-state index contributed by atoms with van der Waals surface area (Å²) in [5.41, 5.74) is 0.294. The first-order chi connectivity index (χ1) is 6.56. The molecule has 14 heavy (non-hydrogen) atoms. The Morgan fingerprint density at radius 1 is 1.50 bits per heavy atom. The van der Waals surface area contributed by atoms with E-state index in [0.717, 1.165) is 0 Å². The van der Waals surface area contributed by atoms with E-state index in [0.29, 0.717) is 16.9 Å². The predicted octanol–water partition coefficient (Wildman–Crippen LogP) is 3.51. The molecular weight excluding hydrogens is 206 g/mol. The van der Waals surface area contributed by atoms with E-state index in [1.165, 1.54) is 18.2 Å². The number of thiol groups is 1. The highest BCUT2D eigenvalue weighted by Gasteiger charge is 2.12. The number of hydrogen-bond donors (Lipinski definition) is 1. The van der Waals surface area contributed by atoms with Gasteiger partial charge in [0.25, 0.3) is 6.43 Å². The Morgan fingerprint density at radius 3 is 2.57 bits per heavy atom. The number of rotatable bonds is 3. The van der Waals surface area contributed by atoms with Gasteiger partial charge in [-0.2, -0.15) is 0 Å². The van der Waals surface area contributed by atoms with E-state index in [2.05, 4.69) is 12.6 Å². The van der Waals surface area contributed by atoms with Crippen LogP contribution in [0.15, 0.2) is 23.1 Å². The van der Waals surface area contributed by atoms with Crippen molar-refractivity contribution in [3.63, 3.8) is 0 Å². The van der Waals surface area contributed by atoms with E-state index in [1.807, 2.05) is 0 Å². The topological polar surface area (TPSA) is 17.1 Å². The molecule has 0 N–H and O–H groups in total. The van der Waals surface area contributed by atoms with Crippen LogP contribution in [0.3, 0.4) is 0 Å². The summed E-state index contributed by atoms with van der Waals surface area (Å²) in [7, 11) is 0. The van der Waals surface area contributed by atoms with E-state index >= 15 is 0 Å². The standard InChI is InChI=1S/C10H10F2OS/c1-2-8(13)7-4-3-6(10(11)12)5-9(7)14/h3-5,10,14H,2H2,1H3. The highest BCUT2D eigenvalue weighted by molar-refractivity contribution is 7.80. The molecule has 0 spiro atoms. The van der Waals surface area contributed by atoms with Crippen LogP contribution in [0.2, 0.25) is 0 Å². The number of halogens is 2. The zero-order valence-corrected chi connectivity index (χ0v) is 8.52. The lowest BCUT2D eigenvalue weighted by Gasteiger charge is -2.05. The molecule has 0 bridgehead atoms. The molecule has 0 aliphatic carbocycles. The molecule has 0 saturated heterocycles. The van der Waals surface area contributed by atoms with Gasteiger partial charge in [0.2, 0.25) is 0 Å². The smallest absolute Gasteiger partial charge is 0.263 e. The van der Waals surface area contributed by atoms with Crippen LogP contribution in [0.5, 0.6) is 0 Å². The Hall–Kier alpha value is -0.900. The molecule has 0 aliphatic heterocycles. The zero-order chi connectivity index (χ0) is 10.7. The molecule has 1 aromatic rings. The van der Waals surface area contributed by atoms with E-state index in [9.17, 15) is 13.6 Å². The Morgan fingerprint density at radius 2 is 2.14 bits per heavy atom. The van der Waals surface area contributed by atoms with Crippen molar-refractivity contribution in [1.82, 2.24) is 0 Å². The number of ketones is 1. The molecule has 0 saturated carbocycles. The van der Waals surface area contributed by atoms with Crippen molar-refractivity contribution in [3.05, 3.63) is 29.3 Å². The first kappa shape index (κ1) is 11.2. The second-order valence-corrected chi connectivity index (χ2v) is 3.34. The van der Waals surface area contributed by atoms with Crippen LogP contribution in [0, 0.1) is 0 Å². The minimum absolute atomic E-state index is 0.0872. The third kappa shape index (κ3) is 2.32. The second kappa shape index (κ2) is 4.55. The fourth-order valence-corrected chi connectivity index (χ4v) is 1.46. The number of alkyl halides is 2. The fourth-order valence-electron chi connectivity index (χ4n) is 1.11. The lowest BCUT2D eigenvalue weighted by molar-refractivity contribution is 0.0984. The first-order valence-electron chi connectivity index (χ1n) is 4.20. The van der Waals surface area contributed by atoms with E-state index in [-0.39, 0.29) is 11.3 Å². The van der Waals surface area contributed by atoms with Crippen molar-refractivity contribution in [3.8, 4) is 0 Å². The monoisotopic (exact) mass is 216 g/mol. The maximum Gasteiger partial charge on any atom is 0.263 e. The summed E-state index contributed by atoms with van der Waals surface area (Å²) >= 11 is 4.00. The minimum Gasteiger partial charge on any atom is -0.294 e. The van der Waals surface area contributed by atoms with Gasteiger partial charge >= 0.3 is 0 Å². The fraction of sp³-hybridized carbons (Fsp3) is 0.300. The molecule has 0 aromatic heterocycles. The Kier molecular flexibility index (Phi) is 3.63. The minimum atomic E-state index is -2.52. The lowest BCUT2D eigenvalue weighted by Crippen LogP contribution is -1.99. The zero-order valence-electron chi connectivity index (χ0n) is 7.63. The number of Topliss-reactive ketones (excluding diaryl/α,β-unsaturated/α-hetero) is 1. The largest absolute Gasteiger partial charge is 0.294 e. The van der Waals surface area contributed by atoms with Crippen molar-refractivity contribution in [2.45, 2.75) is 24.7 Å². The summed E-state index contributed by atoms with van der Waals surface area (Å²) < 4.78 is 24.5. The number of hydrogen-bond acceptors (Lipinski definition) is 2. The normalized spacial score (nSPS) is 10.6. The molecule has 1 nitrogen and oxygen atoms in total. The van der Waals surface area contributed by atoms with Crippen LogP contribution < -0.4 is 0 Å². The molecule has 1 rings (SSSR count). The third-order valence-corrected chi connectivity index (χ3v) is 2.27. The van der Waals surface area contributed by atoms with Gasteiger partial charge in [0, 0.05) is 22.4 Å². The highest BCUT2D eigenvalue weighted by atomic mass is 32.1. The van der Waals surface area contributed by atoms with Gasteiger partial charge in [-0.3, -0.25) is 4.79 Å². The van der Waals surface area contributed by atoms with Crippen molar-refractivity contribution in [2.24, 2.45) is 0 Å². The Bertz CT molecular complexity index is 350. The van der Waals surface area contributed by atoms with E-state index in [1.54, 1.807) is 6.92 Å². The molecule has 0 heterocycles. The van der Waals surface area contributed by atoms with Crippen LogP contribution in [-0.2, 0) is 0 Å². The predicted molar refractivity (Wildman–Crippen MR) is 53.3 cm³/mol. The van der Waals surface area contributed by atoms with Crippen LogP contribution >= 0.6 is 12.6 Å². The lowest BCUT2D eigenvalue weighted by atomic mass is 10.1. The highest BCUT2D eigenvalue weighted by Crippen LogP contribution is 2.24. The molecule has 0 amide bonds. The summed E-state index contributed by atoms with van der Waals surface area (Å²) in [6.07, 6.45) is -2.17. The third-order valence-electron chi connectivity index (χ3n) is 1.90. The van der Waals surface area contributed by atoms with Crippen LogP contribution in [0.1, 0.15) is 35.7 Å². The van der Waals surface area contributed by atoms with Crippen LogP contribution in [0.4, 0.5) is 8.78 Å². The van der Waals surface area contributed by atoms with Gasteiger partial charge in [0.05, 0.1) is 0 Å². The maximum atomic E-state index is 12.2.